The predicted molar refractivity (Wildman–Crippen MR) is 188 cm³/mol. The number of unbranched alkanes of at least 4 members (excludes halogenated alkanes) is 1. The van der Waals surface area contributed by atoms with Crippen LogP contribution in [0.2, 0.25) is 10.0 Å². The zero-order valence-corrected chi connectivity index (χ0v) is 29.0. The number of aryl methyl sites for hydroxylation is 1. The molecule has 0 aromatic heterocycles. The number of hydrogen-bond donors (Lipinski definition) is 1. The van der Waals surface area contributed by atoms with E-state index in [1.165, 1.54) is 24.1 Å². The Morgan fingerprint density at radius 3 is 2.11 bits per heavy atom. The molecule has 1 atom stereocenters. The molecule has 248 valence electrons. The van der Waals surface area contributed by atoms with Crippen molar-refractivity contribution in [3.05, 3.63) is 124 Å². The van der Waals surface area contributed by atoms with Gasteiger partial charge in [-0.15, -0.1) is 0 Å². The second-order valence-corrected chi connectivity index (χ2v) is 13.8. The maximum atomic E-state index is 14.6. The Morgan fingerprint density at radius 1 is 0.872 bits per heavy atom. The minimum atomic E-state index is -4.24. The van der Waals surface area contributed by atoms with Crippen molar-refractivity contribution >= 4 is 50.7 Å². The highest BCUT2D eigenvalue weighted by Gasteiger charge is 2.35. The molecule has 0 fully saturated rings. The van der Waals surface area contributed by atoms with E-state index in [1.54, 1.807) is 54.6 Å². The number of nitrogens with zero attached hydrogens (tertiary/aromatic N) is 2. The molecule has 0 aliphatic carbocycles. The summed E-state index contributed by atoms with van der Waals surface area (Å²) in [7, 11) is -2.73. The summed E-state index contributed by atoms with van der Waals surface area (Å²) in [4.78, 5) is 29.9. The Bertz CT molecular complexity index is 1730. The molecule has 0 aliphatic rings. The van der Waals surface area contributed by atoms with E-state index in [9.17, 15) is 18.0 Å². The van der Waals surface area contributed by atoms with Gasteiger partial charge in [0.25, 0.3) is 10.0 Å². The lowest BCUT2D eigenvalue weighted by molar-refractivity contribution is -0.140. The van der Waals surface area contributed by atoms with Crippen LogP contribution in [0.3, 0.4) is 0 Å². The van der Waals surface area contributed by atoms with Crippen LogP contribution in [0, 0.1) is 6.92 Å². The van der Waals surface area contributed by atoms with Gasteiger partial charge in [-0.3, -0.25) is 13.9 Å². The lowest BCUT2D eigenvalue weighted by atomic mass is 10.0. The van der Waals surface area contributed by atoms with Gasteiger partial charge in [0, 0.05) is 35.1 Å². The molecule has 0 saturated carbocycles. The summed E-state index contributed by atoms with van der Waals surface area (Å²) in [5.41, 5.74) is 2.41. The number of sulfonamides is 1. The minimum Gasteiger partial charge on any atom is -0.497 e. The van der Waals surface area contributed by atoms with Crippen LogP contribution in [0.4, 0.5) is 5.69 Å². The molecule has 8 nitrogen and oxygen atoms in total. The summed E-state index contributed by atoms with van der Waals surface area (Å²) in [6, 6.07) is 26.2. The number of amides is 2. The first kappa shape index (κ1) is 35.8. The van der Waals surface area contributed by atoms with Gasteiger partial charge in [0.1, 0.15) is 18.3 Å². The molecule has 2 amide bonds. The van der Waals surface area contributed by atoms with Crippen molar-refractivity contribution in [2.45, 2.75) is 50.6 Å². The summed E-state index contributed by atoms with van der Waals surface area (Å²) in [6.07, 6.45) is 1.81. The minimum absolute atomic E-state index is 0.0190. The smallest absolute Gasteiger partial charge is 0.264 e. The molecule has 4 aromatic rings. The van der Waals surface area contributed by atoms with Crippen molar-refractivity contribution in [1.29, 1.82) is 0 Å². The van der Waals surface area contributed by atoms with Crippen molar-refractivity contribution in [3.8, 4) is 5.75 Å². The van der Waals surface area contributed by atoms with Crippen molar-refractivity contribution in [3.63, 3.8) is 0 Å². The second-order valence-electron chi connectivity index (χ2n) is 11.1. The predicted octanol–water partition coefficient (Wildman–Crippen LogP) is 7.06. The molecule has 0 bridgehead atoms. The van der Waals surface area contributed by atoms with E-state index in [0.717, 1.165) is 28.3 Å². The lowest BCUT2D eigenvalue weighted by Crippen LogP contribution is -2.53. The third-order valence-corrected chi connectivity index (χ3v) is 10.2. The van der Waals surface area contributed by atoms with Gasteiger partial charge in [0.05, 0.1) is 17.7 Å². The molecule has 0 saturated heterocycles. The average molecular weight is 697 g/mol. The van der Waals surface area contributed by atoms with Gasteiger partial charge in [0.15, 0.2) is 0 Å². The van der Waals surface area contributed by atoms with E-state index in [4.69, 9.17) is 27.9 Å². The molecule has 4 aromatic carbocycles. The molecule has 0 heterocycles. The number of carbonyl (C=O) groups is 2. The van der Waals surface area contributed by atoms with Gasteiger partial charge in [-0.25, -0.2) is 8.42 Å². The van der Waals surface area contributed by atoms with Crippen LogP contribution in [-0.4, -0.2) is 51.4 Å². The van der Waals surface area contributed by atoms with E-state index in [0.29, 0.717) is 27.9 Å². The maximum Gasteiger partial charge on any atom is 0.264 e. The molecule has 11 heteroatoms. The number of anilines is 1. The van der Waals surface area contributed by atoms with E-state index < -0.39 is 28.5 Å². The van der Waals surface area contributed by atoms with Gasteiger partial charge in [-0.2, -0.15) is 0 Å². The monoisotopic (exact) mass is 695 g/mol. The molecule has 0 radical (unpaired) electrons. The highest BCUT2D eigenvalue weighted by molar-refractivity contribution is 7.92. The largest absolute Gasteiger partial charge is 0.497 e. The van der Waals surface area contributed by atoms with E-state index in [-0.39, 0.29) is 29.5 Å². The summed E-state index contributed by atoms with van der Waals surface area (Å²) >= 11 is 13.2. The Labute approximate surface area is 287 Å². The Hall–Kier alpha value is -4.05. The van der Waals surface area contributed by atoms with Crippen LogP contribution in [-0.2, 0) is 32.6 Å². The number of ether oxygens (including phenoxy) is 1. The molecule has 1 N–H and O–H groups in total. The molecular formula is C36H39Cl2N3O5S. The fourth-order valence-corrected chi connectivity index (χ4v) is 6.96. The molecule has 0 unspecified atom stereocenters. The summed E-state index contributed by atoms with van der Waals surface area (Å²) in [5, 5.41) is 3.61. The molecule has 0 aliphatic heterocycles. The van der Waals surface area contributed by atoms with Crippen LogP contribution in [0.25, 0.3) is 0 Å². The average Bonchev–Trinajstić information content (AvgIpc) is 3.07. The highest BCUT2D eigenvalue weighted by atomic mass is 35.5. The van der Waals surface area contributed by atoms with Gasteiger partial charge in [0.2, 0.25) is 11.8 Å². The Morgan fingerprint density at radius 2 is 1.51 bits per heavy atom. The van der Waals surface area contributed by atoms with Gasteiger partial charge in [-0.05, 0) is 67.4 Å². The number of halogens is 2. The normalized spacial score (nSPS) is 11.9. The SMILES string of the molecule is CCCCNC(=O)[C@H](Cc1ccccc1)N(Cc1c(Cl)cccc1Cl)C(=O)CN(c1ccc(OC)cc1)S(=O)(=O)c1ccc(C)cc1. The van der Waals surface area contributed by atoms with Crippen LogP contribution in [0.15, 0.2) is 102 Å². The topological polar surface area (TPSA) is 96.0 Å². The molecule has 4 rings (SSSR count). The lowest BCUT2D eigenvalue weighted by Gasteiger charge is -2.34. The zero-order chi connectivity index (χ0) is 34.0. The Balaban J connectivity index is 1.82. The van der Waals surface area contributed by atoms with Crippen molar-refractivity contribution in [1.82, 2.24) is 10.2 Å². The van der Waals surface area contributed by atoms with Gasteiger partial charge >= 0.3 is 0 Å². The van der Waals surface area contributed by atoms with Crippen LogP contribution < -0.4 is 14.4 Å². The zero-order valence-electron chi connectivity index (χ0n) is 26.7. The standard InChI is InChI=1S/C36H39Cl2N3O5S/c1-4-5-22-39-36(43)34(23-27-10-7-6-8-11-27)40(24-31-32(37)12-9-13-33(31)38)35(42)25-41(28-16-18-29(46-3)19-17-28)47(44,45)30-20-14-26(2)15-21-30/h6-21,34H,4-5,22-25H2,1-3H3,(H,39,43)/t34-/m0/s1. The van der Waals surface area contributed by atoms with E-state index in [1.807, 2.05) is 44.2 Å². The number of methoxy groups -OCH3 is 1. The van der Waals surface area contributed by atoms with Crippen molar-refractivity contribution < 1.29 is 22.7 Å². The van der Waals surface area contributed by atoms with Crippen LogP contribution in [0.1, 0.15) is 36.5 Å². The van der Waals surface area contributed by atoms with Crippen molar-refractivity contribution in [2.24, 2.45) is 0 Å². The third kappa shape index (κ3) is 9.28. The van der Waals surface area contributed by atoms with E-state index >= 15 is 0 Å². The molecule has 0 spiro atoms. The van der Waals surface area contributed by atoms with Gasteiger partial charge < -0.3 is 15.0 Å². The first-order chi connectivity index (χ1) is 22.5. The number of hydrogen-bond acceptors (Lipinski definition) is 5. The first-order valence-electron chi connectivity index (χ1n) is 15.3. The molecular weight excluding hydrogens is 657 g/mol. The maximum absolute atomic E-state index is 14.6. The summed E-state index contributed by atoms with van der Waals surface area (Å²) in [5.74, 6) is -0.454. The first-order valence-corrected chi connectivity index (χ1v) is 17.5. The highest BCUT2D eigenvalue weighted by Crippen LogP contribution is 2.30. The fraction of sp³-hybridized carbons (Fsp3) is 0.278. The summed E-state index contributed by atoms with van der Waals surface area (Å²) in [6.45, 7) is 3.58. The van der Waals surface area contributed by atoms with E-state index in [2.05, 4.69) is 5.32 Å². The Kier molecular flexibility index (Phi) is 12.7. The third-order valence-electron chi connectivity index (χ3n) is 7.74. The number of benzene rings is 4. The van der Waals surface area contributed by atoms with Crippen LogP contribution in [0.5, 0.6) is 5.75 Å². The summed E-state index contributed by atoms with van der Waals surface area (Å²) < 4.78 is 34.7. The van der Waals surface area contributed by atoms with Crippen LogP contribution >= 0.6 is 23.2 Å². The number of rotatable bonds is 15. The number of nitrogens with one attached hydrogen (secondary N) is 1. The fourth-order valence-electron chi connectivity index (χ4n) is 5.03. The number of carbonyl (C=O) groups excluding carboxylic acids is 2. The van der Waals surface area contributed by atoms with Gasteiger partial charge in [-0.1, -0.05) is 90.6 Å². The quantitative estimate of drug-likeness (QED) is 0.134. The second kappa shape index (κ2) is 16.7. The molecule has 47 heavy (non-hydrogen) atoms. The van der Waals surface area contributed by atoms with Crippen molar-refractivity contribution in [2.75, 3.05) is 24.5 Å².